The van der Waals surface area contributed by atoms with Gasteiger partial charge in [0.2, 0.25) is 0 Å². The molecule has 5 nitrogen and oxygen atoms in total. The number of rotatable bonds is 6. The number of thiophene rings is 1. The minimum absolute atomic E-state index is 0.0559. The highest BCUT2D eigenvalue weighted by Gasteiger charge is 2.11. The fraction of sp³-hybridized carbons (Fsp3) is 0.250. The Balaban J connectivity index is 1.97. The average Bonchev–Trinajstić information content (AvgIpc) is 2.98. The maximum Gasteiger partial charge on any atom is 0.303 e. The minimum Gasteiger partial charge on any atom is -0.481 e. The van der Waals surface area contributed by atoms with Crippen molar-refractivity contribution in [1.29, 1.82) is 0 Å². The van der Waals surface area contributed by atoms with Crippen molar-refractivity contribution < 1.29 is 14.7 Å². The summed E-state index contributed by atoms with van der Waals surface area (Å²) >= 11 is 1.40. The van der Waals surface area contributed by atoms with E-state index in [1.807, 2.05) is 16.8 Å². The zero-order chi connectivity index (χ0) is 13.0. The molecular formula is C12H12N2O3S. The van der Waals surface area contributed by atoms with Crippen LogP contribution in [-0.4, -0.2) is 26.4 Å². The third kappa shape index (κ3) is 3.27. The maximum atomic E-state index is 11.7. The molecule has 2 aromatic heterocycles. The van der Waals surface area contributed by atoms with Gasteiger partial charge in [-0.3, -0.25) is 9.59 Å². The molecule has 0 fully saturated rings. The van der Waals surface area contributed by atoms with Gasteiger partial charge in [-0.2, -0.15) is 0 Å². The molecule has 2 rings (SSSR count). The van der Waals surface area contributed by atoms with Crippen molar-refractivity contribution in [3.8, 4) is 0 Å². The summed E-state index contributed by atoms with van der Waals surface area (Å²) < 4.78 is 1.91. The van der Waals surface area contributed by atoms with Gasteiger partial charge in [0.25, 0.3) is 0 Å². The number of hydrogen-bond acceptors (Lipinski definition) is 4. The van der Waals surface area contributed by atoms with Crippen molar-refractivity contribution in [2.75, 3.05) is 0 Å². The normalized spacial score (nSPS) is 10.4. The van der Waals surface area contributed by atoms with Gasteiger partial charge in [-0.15, -0.1) is 11.3 Å². The lowest BCUT2D eigenvalue weighted by atomic mass is 10.2. The van der Waals surface area contributed by atoms with E-state index in [2.05, 4.69) is 4.98 Å². The predicted molar refractivity (Wildman–Crippen MR) is 66.8 cm³/mol. The van der Waals surface area contributed by atoms with E-state index in [1.165, 1.54) is 11.3 Å². The van der Waals surface area contributed by atoms with Gasteiger partial charge in [0.05, 0.1) is 24.2 Å². The topological polar surface area (TPSA) is 72.2 Å². The molecule has 1 N–H and O–H groups in total. The van der Waals surface area contributed by atoms with Crippen molar-refractivity contribution in [2.24, 2.45) is 0 Å². The molecule has 0 bridgehead atoms. The first-order valence-corrected chi connectivity index (χ1v) is 6.26. The van der Waals surface area contributed by atoms with Crippen LogP contribution in [0, 0.1) is 0 Å². The van der Waals surface area contributed by atoms with Gasteiger partial charge < -0.3 is 9.67 Å². The van der Waals surface area contributed by atoms with Crippen LogP contribution in [0.25, 0.3) is 0 Å². The van der Waals surface area contributed by atoms with E-state index >= 15 is 0 Å². The quantitative estimate of drug-likeness (QED) is 0.810. The molecule has 0 aliphatic carbocycles. The number of carboxylic acids is 1. The number of ketones is 1. The highest BCUT2D eigenvalue weighted by molar-refractivity contribution is 7.14. The molecule has 0 radical (unpaired) electrons. The number of aliphatic carboxylic acids is 1. The maximum absolute atomic E-state index is 11.7. The second-order valence-electron chi connectivity index (χ2n) is 3.82. The first-order valence-electron chi connectivity index (χ1n) is 5.44. The van der Waals surface area contributed by atoms with Crippen LogP contribution in [0.1, 0.15) is 27.4 Å². The Bertz CT molecular complexity index is 545. The van der Waals surface area contributed by atoms with E-state index in [4.69, 9.17) is 5.11 Å². The highest BCUT2D eigenvalue weighted by atomic mass is 32.1. The van der Waals surface area contributed by atoms with Crippen LogP contribution >= 0.6 is 11.3 Å². The van der Waals surface area contributed by atoms with Crippen LogP contribution in [0.4, 0.5) is 0 Å². The molecule has 0 saturated carbocycles. The molecule has 0 spiro atoms. The fourth-order valence-corrected chi connectivity index (χ4v) is 2.50. The molecule has 0 unspecified atom stereocenters. The largest absolute Gasteiger partial charge is 0.481 e. The Kier molecular flexibility index (Phi) is 3.88. The predicted octanol–water partition coefficient (Wildman–Crippen LogP) is 2.04. The molecule has 0 amide bonds. The van der Waals surface area contributed by atoms with E-state index < -0.39 is 5.97 Å². The summed E-state index contributed by atoms with van der Waals surface area (Å²) in [5, 5.41) is 8.53. The van der Waals surface area contributed by atoms with Crippen molar-refractivity contribution >= 4 is 23.1 Å². The number of carboxylic acid groups (broad SMARTS) is 1. The Morgan fingerprint density at radius 3 is 2.83 bits per heavy atom. The third-order valence-corrected chi connectivity index (χ3v) is 3.51. The molecule has 94 valence electrons. The molecule has 0 aromatic carbocycles. The van der Waals surface area contributed by atoms with E-state index in [0.717, 1.165) is 4.88 Å². The Labute approximate surface area is 108 Å². The number of nitrogens with zero attached hydrogens (tertiary/aromatic N) is 2. The zero-order valence-corrected chi connectivity index (χ0v) is 10.4. The van der Waals surface area contributed by atoms with Crippen molar-refractivity contribution in [1.82, 2.24) is 9.55 Å². The molecule has 0 saturated heterocycles. The fourth-order valence-electron chi connectivity index (χ4n) is 1.52. The SMILES string of the molecule is O=C(O)CCC(=O)c1ccc(Cn2ccnc2)s1. The molecule has 6 heteroatoms. The number of carbonyl (C=O) groups excluding carboxylic acids is 1. The molecule has 2 heterocycles. The first-order chi connectivity index (χ1) is 8.65. The summed E-state index contributed by atoms with van der Waals surface area (Å²) in [6.07, 6.45) is 5.21. The van der Waals surface area contributed by atoms with Gasteiger partial charge in [0, 0.05) is 23.7 Å². The molecule has 0 aliphatic rings. The second-order valence-corrected chi connectivity index (χ2v) is 4.99. The van der Waals surface area contributed by atoms with Gasteiger partial charge in [0.1, 0.15) is 0 Å². The number of aromatic nitrogens is 2. The Morgan fingerprint density at radius 2 is 2.17 bits per heavy atom. The summed E-state index contributed by atoms with van der Waals surface area (Å²) in [4.78, 5) is 27.7. The number of carbonyl (C=O) groups is 2. The van der Waals surface area contributed by atoms with Crippen LogP contribution < -0.4 is 0 Å². The van der Waals surface area contributed by atoms with Crippen molar-refractivity contribution in [3.05, 3.63) is 40.6 Å². The number of Topliss-reactive ketones (excluding diaryl/α,β-unsaturated/α-hetero) is 1. The van der Waals surface area contributed by atoms with E-state index in [1.54, 1.807) is 18.6 Å². The summed E-state index contributed by atoms with van der Waals surface area (Å²) in [6.45, 7) is 0.677. The van der Waals surface area contributed by atoms with Gasteiger partial charge in [-0.05, 0) is 12.1 Å². The van der Waals surface area contributed by atoms with E-state index in [0.29, 0.717) is 11.4 Å². The Morgan fingerprint density at radius 1 is 1.33 bits per heavy atom. The van der Waals surface area contributed by atoms with Crippen molar-refractivity contribution in [3.63, 3.8) is 0 Å². The van der Waals surface area contributed by atoms with Crippen molar-refractivity contribution in [2.45, 2.75) is 19.4 Å². The molecular weight excluding hydrogens is 252 g/mol. The summed E-state index contributed by atoms with van der Waals surface area (Å²) in [7, 11) is 0. The second kappa shape index (κ2) is 5.59. The lowest BCUT2D eigenvalue weighted by molar-refractivity contribution is -0.136. The smallest absolute Gasteiger partial charge is 0.303 e. The third-order valence-electron chi connectivity index (χ3n) is 2.40. The zero-order valence-electron chi connectivity index (χ0n) is 9.57. The first kappa shape index (κ1) is 12.5. The van der Waals surface area contributed by atoms with Gasteiger partial charge in [-0.1, -0.05) is 0 Å². The lowest BCUT2D eigenvalue weighted by Crippen LogP contribution is -2.01. The van der Waals surface area contributed by atoms with Gasteiger partial charge in [0.15, 0.2) is 5.78 Å². The van der Waals surface area contributed by atoms with Crippen LogP contribution in [-0.2, 0) is 11.3 Å². The van der Waals surface area contributed by atoms with Gasteiger partial charge >= 0.3 is 5.97 Å². The van der Waals surface area contributed by atoms with Crippen LogP contribution in [0.2, 0.25) is 0 Å². The molecule has 2 aromatic rings. The van der Waals surface area contributed by atoms with E-state index in [9.17, 15) is 9.59 Å². The van der Waals surface area contributed by atoms with Crippen LogP contribution in [0.3, 0.4) is 0 Å². The van der Waals surface area contributed by atoms with E-state index in [-0.39, 0.29) is 18.6 Å². The lowest BCUT2D eigenvalue weighted by Gasteiger charge is -1.97. The molecule has 0 aliphatic heterocycles. The summed E-state index contributed by atoms with van der Waals surface area (Å²) in [5.74, 6) is -1.06. The van der Waals surface area contributed by atoms with Gasteiger partial charge in [-0.25, -0.2) is 4.98 Å². The number of imidazole rings is 1. The number of hydrogen-bond donors (Lipinski definition) is 1. The van der Waals surface area contributed by atoms with Crippen LogP contribution in [0.15, 0.2) is 30.9 Å². The standard InChI is InChI=1S/C12H12N2O3S/c15-10(2-4-12(16)17)11-3-1-9(18-11)7-14-6-5-13-8-14/h1,3,5-6,8H,2,4,7H2,(H,16,17). The Hall–Kier alpha value is -1.95. The molecule has 18 heavy (non-hydrogen) atoms. The monoisotopic (exact) mass is 264 g/mol. The highest BCUT2D eigenvalue weighted by Crippen LogP contribution is 2.19. The summed E-state index contributed by atoms with van der Waals surface area (Å²) in [5.41, 5.74) is 0. The molecule has 0 atom stereocenters. The summed E-state index contributed by atoms with van der Waals surface area (Å²) in [6, 6.07) is 3.64. The van der Waals surface area contributed by atoms with Crippen LogP contribution in [0.5, 0.6) is 0 Å². The average molecular weight is 264 g/mol. The minimum atomic E-state index is -0.946.